The highest BCUT2D eigenvalue weighted by Crippen LogP contribution is 2.19. The fraction of sp³-hybridized carbons (Fsp3) is 0.316. The Hall–Kier alpha value is -2.49. The summed E-state index contributed by atoms with van der Waals surface area (Å²) in [4.78, 5) is 12.0. The van der Waals surface area contributed by atoms with E-state index in [9.17, 15) is 4.79 Å². The molecule has 0 spiro atoms. The van der Waals surface area contributed by atoms with Gasteiger partial charge in [0.25, 0.3) is 5.91 Å². The van der Waals surface area contributed by atoms with E-state index in [-0.39, 0.29) is 5.91 Å². The molecule has 1 atom stereocenters. The van der Waals surface area contributed by atoms with Gasteiger partial charge >= 0.3 is 0 Å². The van der Waals surface area contributed by atoms with Gasteiger partial charge in [-0.25, -0.2) is 0 Å². The van der Waals surface area contributed by atoms with Gasteiger partial charge in [0.05, 0.1) is 7.11 Å². The van der Waals surface area contributed by atoms with E-state index >= 15 is 0 Å². The van der Waals surface area contributed by atoms with Gasteiger partial charge in [0, 0.05) is 12.6 Å². The molecular weight excluding hydrogens is 290 g/mol. The van der Waals surface area contributed by atoms with Crippen molar-refractivity contribution in [2.75, 3.05) is 13.7 Å². The molecule has 0 aliphatic rings. The first-order chi connectivity index (χ1) is 11.2. The second-order valence-corrected chi connectivity index (χ2v) is 5.32. The van der Waals surface area contributed by atoms with Crippen molar-refractivity contribution in [1.29, 1.82) is 0 Å². The quantitative estimate of drug-likeness (QED) is 0.761. The predicted molar refractivity (Wildman–Crippen MR) is 90.9 cm³/mol. The maximum atomic E-state index is 12.0. The lowest BCUT2D eigenvalue weighted by Crippen LogP contribution is -2.36. The molecule has 0 saturated carbocycles. The summed E-state index contributed by atoms with van der Waals surface area (Å²) >= 11 is 0. The fourth-order valence-corrected chi connectivity index (χ4v) is 2.22. The number of nitrogens with one attached hydrogen (secondary N) is 1. The molecule has 0 saturated heterocycles. The Kier molecular flexibility index (Phi) is 6.48. The molecule has 0 aliphatic carbocycles. The third kappa shape index (κ3) is 5.66. The number of ether oxygens (including phenoxy) is 2. The van der Waals surface area contributed by atoms with Crippen LogP contribution in [0.15, 0.2) is 54.6 Å². The zero-order chi connectivity index (χ0) is 16.5. The summed E-state index contributed by atoms with van der Waals surface area (Å²) in [7, 11) is 1.60. The van der Waals surface area contributed by atoms with E-state index in [2.05, 4.69) is 17.4 Å². The minimum absolute atomic E-state index is 0.110. The summed E-state index contributed by atoms with van der Waals surface area (Å²) in [5.74, 6) is 1.22. The maximum Gasteiger partial charge on any atom is 0.260 e. The largest absolute Gasteiger partial charge is 0.497 e. The van der Waals surface area contributed by atoms with E-state index in [1.54, 1.807) is 20.1 Å². The second-order valence-electron chi connectivity index (χ2n) is 5.32. The number of carbonyl (C=O) groups is 1. The van der Waals surface area contributed by atoms with E-state index in [0.717, 1.165) is 12.8 Å². The van der Waals surface area contributed by atoms with Crippen LogP contribution >= 0.6 is 0 Å². The lowest BCUT2D eigenvalue weighted by atomic mass is 10.1. The third-order valence-corrected chi connectivity index (χ3v) is 3.51. The molecule has 0 heterocycles. The van der Waals surface area contributed by atoms with Crippen molar-refractivity contribution in [2.45, 2.75) is 25.9 Å². The monoisotopic (exact) mass is 313 g/mol. The SMILES string of the molecule is COc1cccc(OC(C)C(=O)NCCCc2ccccc2)c1. The van der Waals surface area contributed by atoms with Crippen molar-refractivity contribution in [2.24, 2.45) is 0 Å². The number of hydrogen-bond donors (Lipinski definition) is 1. The Morgan fingerprint density at radius 3 is 2.57 bits per heavy atom. The van der Waals surface area contributed by atoms with Crippen LogP contribution in [0.4, 0.5) is 0 Å². The minimum Gasteiger partial charge on any atom is -0.497 e. The highest BCUT2D eigenvalue weighted by molar-refractivity contribution is 5.80. The number of carbonyl (C=O) groups excluding carboxylic acids is 1. The summed E-state index contributed by atoms with van der Waals surface area (Å²) in [6.07, 6.45) is 1.31. The van der Waals surface area contributed by atoms with E-state index in [0.29, 0.717) is 18.0 Å². The normalized spacial score (nSPS) is 11.6. The molecule has 0 aromatic heterocycles. The van der Waals surface area contributed by atoms with Crippen LogP contribution in [0.2, 0.25) is 0 Å². The Morgan fingerprint density at radius 2 is 1.83 bits per heavy atom. The van der Waals surface area contributed by atoms with Crippen molar-refractivity contribution < 1.29 is 14.3 Å². The molecule has 0 radical (unpaired) electrons. The van der Waals surface area contributed by atoms with Crippen LogP contribution < -0.4 is 14.8 Å². The van der Waals surface area contributed by atoms with Crippen LogP contribution in [0.5, 0.6) is 11.5 Å². The molecule has 1 amide bonds. The highest BCUT2D eigenvalue weighted by Gasteiger charge is 2.14. The van der Waals surface area contributed by atoms with Crippen LogP contribution in [-0.4, -0.2) is 25.7 Å². The molecule has 1 N–H and O–H groups in total. The van der Waals surface area contributed by atoms with Crippen LogP contribution in [0.25, 0.3) is 0 Å². The molecule has 1 unspecified atom stereocenters. The summed E-state index contributed by atoms with van der Waals surface area (Å²) in [5, 5.41) is 2.91. The first-order valence-electron chi connectivity index (χ1n) is 7.81. The van der Waals surface area contributed by atoms with Gasteiger partial charge in [0.2, 0.25) is 0 Å². The zero-order valence-corrected chi connectivity index (χ0v) is 13.6. The lowest BCUT2D eigenvalue weighted by molar-refractivity contribution is -0.127. The van der Waals surface area contributed by atoms with E-state index in [1.165, 1.54) is 5.56 Å². The molecule has 122 valence electrons. The Balaban J connectivity index is 1.72. The molecule has 2 aromatic carbocycles. The first-order valence-corrected chi connectivity index (χ1v) is 7.81. The van der Waals surface area contributed by atoms with Crippen LogP contribution in [-0.2, 0) is 11.2 Å². The molecule has 0 bridgehead atoms. The number of hydrogen-bond acceptors (Lipinski definition) is 3. The van der Waals surface area contributed by atoms with E-state index in [1.807, 2.05) is 36.4 Å². The van der Waals surface area contributed by atoms with Crippen molar-refractivity contribution >= 4 is 5.91 Å². The van der Waals surface area contributed by atoms with Crippen molar-refractivity contribution in [3.05, 3.63) is 60.2 Å². The lowest BCUT2D eigenvalue weighted by Gasteiger charge is -2.15. The average Bonchev–Trinajstić information content (AvgIpc) is 2.59. The molecule has 4 nitrogen and oxygen atoms in total. The van der Waals surface area contributed by atoms with Crippen molar-refractivity contribution in [1.82, 2.24) is 5.32 Å². The van der Waals surface area contributed by atoms with Crippen LogP contribution in [0, 0.1) is 0 Å². The van der Waals surface area contributed by atoms with Gasteiger partial charge in [-0.15, -0.1) is 0 Å². The minimum atomic E-state index is -0.543. The van der Waals surface area contributed by atoms with E-state index in [4.69, 9.17) is 9.47 Å². The summed E-state index contributed by atoms with van der Waals surface area (Å²) in [6.45, 7) is 2.38. The smallest absolute Gasteiger partial charge is 0.260 e. The Bertz CT molecular complexity index is 613. The first kappa shape index (κ1) is 16.9. The molecule has 0 fully saturated rings. The van der Waals surface area contributed by atoms with Crippen molar-refractivity contribution in [3.8, 4) is 11.5 Å². The zero-order valence-electron chi connectivity index (χ0n) is 13.6. The number of aryl methyl sites for hydroxylation is 1. The van der Waals surface area contributed by atoms with Gasteiger partial charge in [0.15, 0.2) is 6.10 Å². The summed E-state index contributed by atoms with van der Waals surface area (Å²) in [6, 6.07) is 17.5. The fourth-order valence-electron chi connectivity index (χ4n) is 2.22. The Labute approximate surface area is 137 Å². The van der Waals surface area contributed by atoms with Crippen LogP contribution in [0.1, 0.15) is 18.9 Å². The summed E-state index contributed by atoms with van der Waals surface area (Å²) in [5.41, 5.74) is 1.28. The molecule has 0 aliphatic heterocycles. The molecular formula is C19H23NO3. The van der Waals surface area contributed by atoms with Gasteiger partial charge in [-0.05, 0) is 37.5 Å². The van der Waals surface area contributed by atoms with Crippen LogP contribution in [0.3, 0.4) is 0 Å². The van der Waals surface area contributed by atoms with E-state index < -0.39 is 6.10 Å². The topological polar surface area (TPSA) is 47.6 Å². The molecule has 2 aromatic rings. The molecule has 23 heavy (non-hydrogen) atoms. The average molecular weight is 313 g/mol. The molecule has 4 heteroatoms. The number of amides is 1. The van der Waals surface area contributed by atoms with Gasteiger partial charge in [-0.1, -0.05) is 36.4 Å². The second kappa shape index (κ2) is 8.83. The summed E-state index contributed by atoms with van der Waals surface area (Å²) < 4.78 is 10.8. The van der Waals surface area contributed by atoms with Gasteiger partial charge in [-0.3, -0.25) is 4.79 Å². The van der Waals surface area contributed by atoms with Gasteiger partial charge in [-0.2, -0.15) is 0 Å². The van der Waals surface area contributed by atoms with Gasteiger partial charge < -0.3 is 14.8 Å². The van der Waals surface area contributed by atoms with Gasteiger partial charge in [0.1, 0.15) is 11.5 Å². The molecule has 2 rings (SSSR count). The maximum absolute atomic E-state index is 12.0. The predicted octanol–water partition coefficient (Wildman–Crippen LogP) is 3.21. The van der Waals surface area contributed by atoms with Crippen molar-refractivity contribution in [3.63, 3.8) is 0 Å². The number of rotatable bonds is 8. The third-order valence-electron chi connectivity index (χ3n) is 3.51. The Morgan fingerprint density at radius 1 is 1.09 bits per heavy atom. The highest BCUT2D eigenvalue weighted by atomic mass is 16.5. The number of methoxy groups -OCH3 is 1. The standard InChI is InChI=1S/C19H23NO3/c1-15(23-18-12-6-11-17(14-18)22-2)19(21)20-13-7-10-16-8-4-3-5-9-16/h3-6,8-9,11-12,14-15H,7,10,13H2,1-2H3,(H,20,21). The number of benzene rings is 2.